The first-order chi connectivity index (χ1) is 29.3. The van der Waals surface area contributed by atoms with E-state index in [4.69, 9.17) is 31.8 Å². The zero-order chi connectivity index (χ0) is 42.9. The first kappa shape index (κ1) is 41.8. The second-order valence-corrected chi connectivity index (χ2v) is 16.5. The van der Waals surface area contributed by atoms with Gasteiger partial charge in [-0.2, -0.15) is 4.98 Å². The van der Waals surface area contributed by atoms with E-state index in [1.54, 1.807) is 24.4 Å². The average Bonchev–Trinajstić information content (AvgIpc) is 3.47. The maximum absolute atomic E-state index is 13.3. The lowest BCUT2D eigenvalue weighted by Crippen LogP contribution is -2.54. The molecule has 5 amide bonds. The number of carbonyl (C=O) groups excluding carboxylic acids is 6. The molecule has 2 saturated heterocycles. The summed E-state index contributed by atoms with van der Waals surface area (Å²) >= 11 is 6.53. The van der Waals surface area contributed by atoms with Crippen LogP contribution in [0.4, 0.5) is 17.5 Å². The third-order valence-corrected chi connectivity index (χ3v) is 12.3. The van der Waals surface area contributed by atoms with Gasteiger partial charge in [0.25, 0.3) is 17.7 Å². The van der Waals surface area contributed by atoms with Gasteiger partial charge in [-0.05, 0) is 98.1 Å². The lowest BCUT2D eigenvalue weighted by molar-refractivity contribution is -0.136. The van der Waals surface area contributed by atoms with Crippen LogP contribution >= 0.6 is 11.6 Å². The topological polar surface area (TPSA) is 206 Å². The highest BCUT2D eigenvalue weighted by Crippen LogP contribution is 2.36. The minimum absolute atomic E-state index is 0.0271. The van der Waals surface area contributed by atoms with Gasteiger partial charge >= 0.3 is 0 Å². The van der Waals surface area contributed by atoms with Crippen LogP contribution in [0.1, 0.15) is 89.3 Å². The van der Waals surface area contributed by atoms with E-state index < -0.39 is 42.2 Å². The molecule has 318 valence electrons. The van der Waals surface area contributed by atoms with Crippen LogP contribution in [0.5, 0.6) is 0 Å². The van der Waals surface area contributed by atoms with Crippen molar-refractivity contribution in [3.63, 3.8) is 0 Å². The molecule has 3 aromatic rings. The number of primary amides is 1. The van der Waals surface area contributed by atoms with Crippen molar-refractivity contribution in [2.45, 2.75) is 83.1 Å². The van der Waals surface area contributed by atoms with Gasteiger partial charge in [-0.15, -0.1) is 0 Å². The lowest BCUT2D eigenvalue weighted by atomic mass is 9.86. The number of piperidine rings is 2. The Bertz CT molecular complexity index is 2370. The number of ketones is 1. The number of nitrogens with two attached hydrogens (primary N) is 1. The Hall–Kier alpha value is -5.97. The quantitative estimate of drug-likeness (QED) is 0.125. The summed E-state index contributed by atoms with van der Waals surface area (Å²) in [4.78, 5) is 88.7. The average molecular weight is 851 g/mol. The molecule has 16 nitrogen and oxygen atoms in total. The highest BCUT2D eigenvalue weighted by atomic mass is 35.5. The summed E-state index contributed by atoms with van der Waals surface area (Å²) in [5, 5.41) is 5.86. The van der Waals surface area contributed by atoms with Gasteiger partial charge < -0.3 is 25.4 Å². The number of hydrogen-bond donors (Lipinski definition) is 3. The van der Waals surface area contributed by atoms with Crippen LogP contribution < -0.4 is 21.3 Å². The molecular formula is C44H47ClN8O8. The smallest absolute Gasteiger partial charge is 0.262 e. The number of anilines is 3. The molecule has 17 heteroatoms. The summed E-state index contributed by atoms with van der Waals surface area (Å²) in [6, 6.07) is 10.4. The van der Waals surface area contributed by atoms with Crippen LogP contribution in [0.15, 0.2) is 54.4 Å². The van der Waals surface area contributed by atoms with Gasteiger partial charge in [0.2, 0.25) is 17.8 Å². The van der Waals surface area contributed by atoms with Crippen LogP contribution in [-0.2, 0) is 28.7 Å². The summed E-state index contributed by atoms with van der Waals surface area (Å²) in [6.45, 7) is 5.98. The normalized spacial score (nSPS) is 22.4. The highest BCUT2D eigenvalue weighted by Gasteiger charge is 2.45. The molecule has 1 saturated carbocycles. The molecule has 1 atom stereocenters. The van der Waals surface area contributed by atoms with Gasteiger partial charge in [-0.1, -0.05) is 29.8 Å². The number of aryl methyl sites for hydroxylation is 1. The second kappa shape index (κ2) is 17.6. The van der Waals surface area contributed by atoms with Crippen molar-refractivity contribution in [3.8, 4) is 0 Å². The predicted molar refractivity (Wildman–Crippen MR) is 226 cm³/mol. The number of nitrogens with zero attached hydrogens (tertiary/aromatic N) is 5. The number of allylic oxidation sites excluding steroid dienone is 1. The Kier molecular flexibility index (Phi) is 12.0. The molecule has 1 unspecified atom stereocenters. The van der Waals surface area contributed by atoms with Gasteiger partial charge in [0.05, 0.1) is 29.5 Å². The van der Waals surface area contributed by atoms with Crippen LogP contribution in [0.3, 0.4) is 0 Å². The molecular weight excluding hydrogens is 804 g/mol. The van der Waals surface area contributed by atoms with Crippen molar-refractivity contribution in [1.29, 1.82) is 0 Å². The molecule has 2 aromatic carbocycles. The molecule has 5 heterocycles. The highest BCUT2D eigenvalue weighted by molar-refractivity contribution is 6.33. The molecule has 1 aliphatic carbocycles. The molecule has 3 fully saturated rings. The third-order valence-electron chi connectivity index (χ3n) is 12.0. The standard InChI is InChI=1S/C44H47ClN8O8/c1-24-3-5-29(17-28(24)19-37(25(2)54)60-23-38(46)55)48-40-35(45)22-47-44(50-40)52-15-11-31(12-16-52)61-32-20-30(21-32)51-13-9-26(10-14-51)27-4-6-33-34(18-27)43(59)53(42(33)58)36-7-8-39(56)49-41(36)57/h3-6,9,17-19,22,30-32,36H,7-8,10-16,20-21,23H2,1-2H3,(H2,46,55)(H,47,48,50)(H,49,56,57)/b37-19+/t30-,32-,36?. The third kappa shape index (κ3) is 9.06. The number of fused-ring (bicyclic) bond motifs is 1. The van der Waals surface area contributed by atoms with Gasteiger partial charge in [-0.25, -0.2) is 4.98 Å². The number of nitrogens with one attached hydrogen (secondary N) is 2. The Morgan fingerprint density at radius 3 is 2.46 bits per heavy atom. The molecule has 8 rings (SSSR count). The fraction of sp³-hybridized carbons (Fsp3) is 0.409. The molecule has 0 bridgehead atoms. The zero-order valence-electron chi connectivity index (χ0n) is 33.9. The van der Waals surface area contributed by atoms with E-state index in [0.717, 1.165) is 79.9 Å². The molecule has 61 heavy (non-hydrogen) atoms. The molecule has 4 aliphatic heterocycles. The number of halogens is 1. The Labute approximate surface area is 357 Å². The van der Waals surface area contributed by atoms with E-state index in [2.05, 4.69) is 31.5 Å². The van der Waals surface area contributed by atoms with E-state index in [-0.39, 0.29) is 42.2 Å². The SMILES string of the molecule is CC(=O)/C(=C\c1cc(Nc2nc(N3CCC(O[C@H]4C[C@H](N5CC=C(c6ccc7c(c6)C(=O)N(C6CCC(=O)NC6=O)C7=O)CC5)C4)CC3)ncc2Cl)ccc1C)OCC(N)=O. The van der Waals surface area contributed by atoms with Gasteiger partial charge in [0.1, 0.15) is 11.1 Å². The van der Waals surface area contributed by atoms with E-state index in [0.29, 0.717) is 39.6 Å². The lowest BCUT2D eigenvalue weighted by Gasteiger charge is -2.45. The van der Waals surface area contributed by atoms with Gasteiger partial charge in [0, 0.05) is 51.3 Å². The summed E-state index contributed by atoms with van der Waals surface area (Å²) in [5.41, 5.74) is 10.1. The zero-order valence-corrected chi connectivity index (χ0v) is 34.7. The maximum atomic E-state index is 13.3. The summed E-state index contributed by atoms with van der Waals surface area (Å²) < 4.78 is 11.9. The second-order valence-electron chi connectivity index (χ2n) is 16.1. The molecule has 5 aliphatic rings. The van der Waals surface area contributed by atoms with Gasteiger partial charge in [-0.3, -0.25) is 43.9 Å². The Morgan fingerprint density at radius 2 is 1.75 bits per heavy atom. The Morgan fingerprint density at radius 1 is 0.984 bits per heavy atom. The van der Waals surface area contributed by atoms with E-state index in [1.807, 2.05) is 31.2 Å². The monoisotopic (exact) mass is 850 g/mol. The number of hydrogen-bond acceptors (Lipinski definition) is 13. The molecule has 0 spiro atoms. The van der Waals surface area contributed by atoms with Crippen LogP contribution in [0.25, 0.3) is 11.6 Å². The predicted octanol–water partition coefficient (Wildman–Crippen LogP) is 4.32. The van der Waals surface area contributed by atoms with Crippen molar-refractivity contribution in [2.75, 3.05) is 43.0 Å². The van der Waals surface area contributed by atoms with Crippen LogP contribution in [-0.4, -0.2) is 112 Å². The van der Waals surface area contributed by atoms with Crippen molar-refractivity contribution >= 4 is 76.0 Å². The van der Waals surface area contributed by atoms with Gasteiger partial charge in [0.15, 0.2) is 24.0 Å². The molecule has 4 N–H and O–H groups in total. The van der Waals surface area contributed by atoms with Crippen molar-refractivity contribution < 1.29 is 38.2 Å². The molecule has 0 radical (unpaired) electrons. The number of imide groups is 2. The summed E-state index contributed by atoms with van der Waals surface area (Å²) in [5.74, 6) is -2.00. The fourth-order valence-corrected chi connectivity index (χ4v) is 8.64. The van der Waals surface area contributed by atoms with E-state index >= 15 is 0 Å². The minimum atomic E-state index is -0.985. The number of aromatic nitrogens is 2. The van der Waals surface area contributed by atoms with Crippen molar-refractivity contribution in [1.82, 2.24) is 25.1 Å². The summed E-state index contributed by atoms with van der Waals surface area (Å²) in [6.07, 6.45) is 10.3. The molecule has 1 aromatic heterocycles. The fourth-order valence-electron chi connectivity index (χ4n) is 8.50. The van der Waals surface area contributed by atoms with Crippen molar-refractivity contribution in [2.24, 2.45) is 5.73 Å². The number of rotatable bonds is 13. The first-order valence-corrected chi connectivity index (χ1v) is 20.9. The minimum Gasteiger partial charge on any atom is -0.480 e. The van der Waals surface area contributed by atoms with E-state index in [1.165, 1.54) is 6.92 Å². The maximum Gasteiger partial charge on any atom is 0.262 e. The number of amides is 5. The van der Waals surface area contributed by atoms with Crippen LogP contribution in [0, 0.1) is 6.92 Å². The number of carbonyl (C=O) groups is 6. The number of Topliss-reactive ketones (excluding diaryl/α,β-unsaturated/α-hetero) is 1. The summed E-state index contributed by atoms with van der Waals surface area (Å²) in [7, 11) is 0. The largest absolute Gasteiger partial charge is 0.480 e. The van der Waals surface area contributed by atoms with Crippen LogP contribution in [0.2, 0.25) is 5.02 Å². The number of benzene rings is 2. The first-order valence-electron chi connectivity index (χ1n) is 20.5. The van der Waals surface area contributed by atoms with Crippen molar-refractivity contribution in [3.05, 3.63) is 87.3 Å². The number of ether oxygens (including phenoxy) is 2. The van der Waals surface area contributed by atoms with E-state index in [9.17, 15) is 28.8 Å². The Balaban J connectivity index is 0.804.